The lowest BCUT2D eigenvalue weighted by Gasteiger charge is -2.18. The molecule has 1 aromatic carbocycles. The first-order valence-corrected chi connectivity index (χ1v) is 11.9. The van der Waals surface area contributed by atoms with Crippen LogP contribution in [0.3, 0.4) is 0 Å². The van der Waals surface area contributed by atoms with E-state index in [2.05, 4.69) is 0 Å². The minimum absolute atomic E-state index is 0.138. The van der Waals surface area contributed by atoms with Gasteiger partial charge in [-0.2, -0.15) is 0 Å². The van der Waals surface area contributed by atoms with Crippen molar-refractivity contribution in [2.45, 2.75) is 109 Å². The Hall–Kier alpha value is -2.04. The van der Waals surface area contributed by atoms with Crippen molar-refractivity contribution in [3.63, 3.8) is 0 Å². The second kappa shape index (κ2) is 12.1. The summed E-state index contributed by atoms with van der Waals surface area (Å²) >= 11 is 0. The van der Waals surface area contributed by atoms with Crippen molar-refractivity contribution in [1.29, 1.82) is 0 Å². The lowest BCUT2D eigenvalue weighted by molar-refractivity contribution is -0.147. The van der Waals surface area contributed by atoms with Gasteiger partial charge in [0.25, 0.3) is 6.47 Å². The zero-order chi connectivity index (χ0) is 22.7. The van der Waals surface area contributed by atoms with Crippen LogP contribution in [0, 0.1) is 5.41 Å². The first-order valence-electron chi connectivity index (χ1n) is 11.9. The average molecular weight is 433 g/mol. The number of aryl methyl sites for hydroxylation is 2. The van der Waals surface area contributed by atoms with Crippen LogP contribution < -0.4 is 0 Å². The Morgan fingerprint density at radius 1 is 1.00 bits per heavy atom. The number of carbonyl (C=O) groups is 2. The Kier molecular flexibility index (Phi) is 9.86. The molecule has 1 saturated carbocycles. The molecule has 0 spiro atoms. The van der Waals surface area contributed by atoms with E-state index in [4.69, 9.17) is 9.84 Å². The standard InChI is InChI=1S/C26H40O5/c1-25(2,24(29)30)16-9-5-3-7-12-21-14-11-15-22(23(21)28)13-8-4-6-10-17-26(18-19-26)31-20-27/h11,14-15,20,28H,3-10,12-13,16-19H2,1-2H3,(H,29,30). The van der Waals surface area contributed by atoms with Gasteiger partial charge in [-0.05, 0) is 82.8 Å². The summed E-state index contributed by atoms with van der Waals surface area (Å²) in [6, 6.07) is 6.06. The van der Waals surface area contributed by atoms with Crippen molar-refractivity contribution < 1.29 is 24.5 Å². The highest BCUT2D eigenvalue weighted by molar-refractivity contribution is 5.73. The molecule has 1 aliphatic carbocycles. The highest BCUT2D eigenvalue weighted by atomic mass is 16.5. The molecule has 0 heterocycles. The number of hydrogen-bond acceptors (Lipinski definition) is 4. The van der Waals surface area contributed by atoms with Crippen LogP contribution >= 0.6 is 0 Å². The van der Waals surface area contributed by atoms with Crippen LogP contribution in [0.5, 0.6) is 5.75 Å². The largest absolute Gasteiger partial charge is 0.507 e. The Bertz CT molecular complexity index is 706. The lowest BCUT2D eigenvalue weighted by Crippen LogP contribution is -2.23. The molecule has 1 aliphatic rings. The third-order valence-electron chi connectivity index (χ3n) is 6.71. The van der Waals surface area contributed by atoms with Gasteiger partial charge in [0.05, 0.1) is 5.41 Å². The molecule has 5 heteroatoms. The predicted octanol–water partition coefficient (Wildman–Crippen LogP) is 6.19. The molecule has 5 nitrogen and oxygen atoms in total. The first-order chi connectivity index (χ1) is 14.8. The SMILES string of the molecule is CC(C)(CCCCCCc1cccc(CCCCCCC2(OC=O)CC2)c1O)C(=O)O. The molecule has 1 aromatic rings. The van der Waals surface area contributed by atoms with Gasteiger partial charge < -0.3 is 14.9 Å². The number of para-hydroxylation sites is 1. The molecular weight excluding hydrogens is 392 g/mol. The van der Waals surface area contributed by atoms with Crippen LogP contribution in [0.15, 0.2) is 18.2 Å². The van der Waals surface area contributed by atoms with Crippen LogP contribution in [0.2, 0.25) is 0 Å². The predicted molar refractivity (Wildman–Crippen MR) is 122 cm³/mol. The number of aromatic hydroxyl groups is 1. The summed E-state index contributed by atoms with van der Waals surface area (Å²) in [5.41, 5.74) is 1.27. The monoisotopic (exact) mass is 432 g/mol. The van der Waals surface area contributed by atoms with Gasteiger partial charge in [-0.3, -0.25) is 9.59 Å². The molecule has 0 bridgehead atoms. The molecule has 0 saturated heterocycles. The van der Waals surface area contributed by atoms with Gasteiger partial charge in [-0.15, -0.1) is 0 Å². The fourth-order valence-corrected chi connectivity index (χ4v) is 4.18. The maximum Gasteiger partial charge on any atom is 0.309 e. The van der Waals surface area contributed by atoms with Gasteiger partial charge in [0.15, 0.2) is 0 Å². The van der Waals surface area contributed by atoms with Gasteiger partial charge in [-0.1, -0.05) is 50.3 Å². The van der Waals surface area contributed by atoms with E-state index in [1.807, 2.05) is 18.2 Å². The number of carbonyl (C=O) groups excluding carboxylic acids is 1. The molecule has 0 aliphatic heterocycles. The second-order valence-electron chi connectivity index (χ2n) is 9.84. The van der Waals surface area contributed by atoms with Crippen LogP contribution in [-0.4, -0.2) is 28.3 Å². The van der Waals surface area contributed by atoms with Gasteiger partial charge in [0.2, 0.25) is 0 Å². The maximum absolute atomic E-state index is 11.1. The fraction of sp³-hybridized carbons (Fsp3) is 0.692. The van der Waals surface area contributed by atoms with Crippen molar-refractivity contribution in [2.24, 2.45) is 5.41 Å². The lowest BCUT2D eigenvalue weighted by atomic mass is 9.87. The Morgan fingerprint density at radius 3 is 2.06 bits per heavy atom. The van der Waals surface area contributed by atoms with Gasteiger partial charge in [0, 0.05) is 0 Å². The van der Waals surface area contributed by atoms with Gasteiger partial charge in [0.1, 0.15) is 11.4 Å². The molecule has 0 aromatic heterocycles. The summed E-state index contributed by atoms with van der Waals surface area (Å²) in [5.74, 6) is -0.279. The van der Waals surface area contributed by atoms with Crippen molar-refractivity contribution in [1.82, 2.24) is 0 Å². The normalized spacial score (nSPS) is 14.9. The maximum atomic E-state index is 11.1. The minimum Gasteiger partial charge on any atom is -0.507 e. The van der Waals surface area contributed by atoms with E-state index in [1.54, 1.807) is 13.8 Å². The highest BCUT2D eigenvalue weighted by Crippen LogP contribution is 2.43. The van der Waals surface area contributed by atoms with E-state index in [0.717, 1.165) is 94.6 Å². The average Bonchev–Trinajstić information content (AvgIpc) is 3.49. The zero-order valence-corrected chi connectivity index (χ0v) is 19.3. The molecule has 31 heavy (non-hydrogen) atoms. The number of ether oxygens (including phenoxy) is 1. The summed E-state index contributed by atoms with van der Waals surface area (Å²) in [7, 11) is 0. The fourth-order valence-electron chi connectivity index (χ4n) is 4.18. The number of benzene rings is 1. The number of unbranched alkanes of at least 4 members (excludes halogenated alkanes) is 6. The third-order valence-corrected chi connectivity index (χ3v) is 6.71. The first kappa shape index (κ1) is 25.2. The molecule has 0 radical (unpaired) electrons. The smallest absolute Gasteiger partial charge is 0.309 e. The number of carboxylic acids is 1. The number of phenols is 1. The molecule has 2 N–H and O–H groups in total. The minimum atomic E-state index is -0.729. The van der Waals surface area contributed by atoms with Gasteiger partial charge in [-0.25, -0.2) is 0 Å². The van der Waals surface area contributed by atoms with Gasteiger partial charge >= 0.3 is 5.97 Å². The Morgan fingerprint density at radius 2 is 1.55 bits per heavy atom. The molecule has 0 unspecified atom stereocenters. The third kappa shape index (κ3) is 8.54. The van der Waals surface area contributed by atoms with Crippen molar-refractivity contribution in [2.75, 3.05) is 0 Å². The molecule has 0 amide bonds. The zero-order valence-electron chi connectivity index (χ0n) is 19.3. The van der Waals surface area contributed by atoms with Crippen LogP contribution in [-0.2, 0) is 27.2 Å². The Labute approximate surface area is 187 Å². The second-order valence-corrected chi connectivity index (χ2v) is 9.84. The number of phenolic OH excluding ortho intramolecular Hbond substituents is 1. The summed E-state index contributed by atoms with van der Waals surface area (Å²) in [4.78, 5) is 21.7. The molecular formula is C26H40O5. The number of aliphatic carboxylic acids is 1. The van der Waals surface area contributed by atoms with Crippen molar-refractivity contribution in [3.8, 4) is 5.75 Å². The van der Waals surface area contributed by atoms with E-state index < -0.39 is 11.4 Å². The van der Waals surface area contributed by atoms with E-state index in [1.165, 1.54) is 0 Å². The summed E-state index contributed by atoms with van der Waals surface area (Å²) in [5, 5.41) is 19.8. The molecule has 0 atom stereocenters. The van der Waals surface area contributed by atoms with E-state index >= 15 is 0 Å². The van der Waals surface area contributed by atoms with E-state index in [0.29, 0.717) is 18.6 Å². The summed E-state index contributed by atoms with van der Waals surface area (Å²) < 4.78 is 5.19. The van der Waals surface area contributed by atoms with Crippen LogP contribution in [0.1, 0.15) is 102 Å². The molecule has 174 valence electrons. The summed E-state index contributed by atoms with van der Waals surface area (Å²) in [6.45, 7) is 4.15. The van der Waals surface area contributed by atoms with Crippen molar-refractivity contribution in [3.05, 3.63) is 29.3 Å². The number of hydrogen-bond donors (Lipinski definition) is 2. The summed E-state index contributed by atoms with van der Waals surface area (Å²) in [6.07, 6.45) is 13.8. The van der Waals surface area contributed by atoms with Crippen LogP contribution in [0.4, 0.5) is 0 Å². The quantitative estimate of drug-likeness (QED) is 0.226. The molecule has 1 fully saturated rings. The topological polar surface area (TPSA) is 83.8 Å². The Balaban J connectivity index is 1.61. The highest BCUT2D eigenvalue weighted by Gasteiger charge is 2.44. The van der Waals surface area contributed by atoms with Crippen LogP contribution in [0.25, 0.3) is 0 Å². The number of rotatable bonds is 17. The van der Waals surface area contributed by atoms with E-state index in [-0.39, 0.29) is 5.60 Å². The number of carboxylic acid groups (broad SMARTS) is 1. The molecule has 2 rings (SSSR count). The van der Waals surface area contributed by atoms with Crippen molar-refractivity contribution >= 4 is 12.4 Å². The van der Waals surface area contributed by atoms with E-state index in [9.17, 15) is 14.7 Å².